The van der Waals surface area contributed by atoms with Gasteiger partial charge in [-0.15, -0.1) is 23.1 Å². The van der Waals surface area contributed by atoms with Crippen molar-refractivity contribution in [3.8, 4) is 0 Å². The van der Waals surface area contributed by atoms with Crippen molar-refractivity contribution >= 4 is 50.0 Å². The highest BCUT2D eigenvalue weighted by atomic mass is 32.2. The van der Waals surface area contributed by atoms with Crippen molar-refractivity contribution in [2.45, 2.75) is 6.04 Å². The molecule has 0 radical (unpaired) electrons. The standard InChI is InChI=1S/C13H13N3O2S2/c1-16(2)7-3-4-8-10(5-7)20-12(14-8)11-15-9(6-19-11)13(17)18/h3-5,9H,6H2,1-2H3,(H,17,18)/t9-/m1/s1. The molecule has 20 heavy (non-hydrogen) atoms. The van der Waals surface area contributed by atoms with Crippen molar-refractivity contribution in [1.82, 2.24) is 4.98 Å². The topological polar surface area (TPSA) is 65.8 Å². The molecule has 2 heterocycles. The third-order valence-electron chi connectivity index (χ3n) is 3.01. The summed E-state index contributed by atoms with van der Waals surface area (Å²) in [6, 6.07) is 5.46. The van der Waals surface area contributed by atoms with E-state index in [2.05, 4.69) is 16.0 Å². The molecule has 0 bridgehead atoms. The van der Waals surface area contributed by atoms with Gasteiger partial charge in [0.2, 0.25) is 0 Å². The minimum atomic E-state index is -0.872. The molecule has 7 heteroatoms. The number of hydrogen-bond donors (Lipinski definition) is 1. The summed E-state index contributed by atoms with van der Waals surface area (Å²) in [7, 11) is 3.99. The molecule has 3 rings (SSSR count). The summed E-state index contributed by atoms with van der Waals surface area (Å²) in [6.07, 6.45) is 0. The Morgan fingerprint density at radius 2 is 2.25 bits per heavy atom. The quantitative estimate of drug-likeness (QED) is 0.942. The highest BCUT2D eigenvalue weighted by Crippen LogP contribution is 2.31. The SMILES string of the molecule is CN(C)c1ccc2nc(C3=N[C@@H](C(=O)O)CS3)sc2c1. The smallest absolute Gasteiger partial charge is 0.329 e. The summed E-state index contributed by atoms with van der Waals surface area (Å²) >= 11 is 3.02. The number of fused-ring (bicyclic) bond motifs is 1. The number of benzene rings is 1. The van der Waals surface area contributed by atoms with Gasteiger partial charge in [0.05, 0.1) is 10.2 Å². The van der Waals surface area contributed by atoms with Gasteiger partial charge in [0.15, 0.2) is 6.04 Å². The van der Waals surface area contributed by atoms with E-state index < -0.39 is 12.0 Å². The summed E-state index contributed by atoms with van der Waals surface area (Å²) in [5.74, 6) is -0.382. The van der Waals surface area contributed by atoms with Crippen LogP contribution in [0.3, 0.4) is 0 Å². The predicted octanol–water partition coefficient (Wildman–Crippen LogP) is 2.31. The van der Waals surface area contributed by atoms with E-state index in [1.54, 1.807) is 11.3 Å². The van der Waals surface area contributed by atoms with Crippen LogP contribution in [0, 0.1) is 0 Å². The van der Waals surface area contributed by atoms with Crippen LogP contribution in [0.1, 0.15) is 5.01 Å². The number of anilines is 1. The average molecular weight is 307 g/mol. The average Bonchev–Trinajstić information content (AvgIpc) is 3.04. The maximum Gasteiger partial charge on any atom is 0.329 e. The van der Waals surface area contributed by atoms with Gasteiger partial charge in [0.25, 0.3) is 0 Å². The van der Waals surface area contributed by atoms with Gasteiger partial charge in [-0.2, -0.15) is 0 Å². The van der Waals surface area contributed by atoms with Crippen molar-refractivity contribution in [2.75, 3.05) is 24.7 Å². The molecule has 0 aliphatic carbocycles. The second kappa shape index (κ2) is 5.06. The summed E-state index contributed by atoms with van der Waals surface area (Å²) in [5.41, 5.74) is 2.05. The summed E-state index contributed by atoms with van der Waals surface area (Å²) < 4.78 is 1.09. The molecule has 5 nitrogen and oxygen atoms in total. The minimum Gasteiger partial charge on any atom is -0.480 e. The van der Waals surface area contributed by atoms with Crippen LogP contribution in [-0.2, 0) is 4.79 Å². The monoisotopic (exact) mass is 307 g/mol. The first-order valence-electron chi connectivity index (χ1n) is 6.06. The predicted molar refractivity (Wildman–Crippen MR) is 84.4 cm³/mol. The maximum atomic E-state index is 10.9. The Labute approximate surface area is 124 Å². The van der Waals surface area contributed by atoms with E-state index in [0.29, 0.717) is 5.75 Å². The molecule has 0 saturated carbocycles. The van der Waals surface area contributed by atoms with Crippen LogP contribution < -0.4 is 4.90 Å². The normalized spacial score (nSPS) is 18.3. The van der Waals surface area contributed by atoms with E-state index in [0.717, 1.165) is 26.0 Å². The number of aromatic nitrogens is 1. The zero-order chi connectivity index (χ0) is 14.3. The van der Waals surface area contributed by atoms with Crippen molar-refractivity contribution in [1.29, 1.82) is 0 Å². The fourth-order valence-electron chi connectivity index (χ4n) is 1.90. The van der Waals surface area contributed by atoms with Gasteiger partial charge in [0, 0.05) is 25.5 Å². The molecule has 0 unspecified atom stereocenters. The van der Waals surface area contributed by atoms with Gasteiger partial charge in [-0.3, -0.25) is 4.99 Å². The lowest BCUT2D eigenvalue weighted by Crippen LogP contribution is -2.17. The van der Waals surface area contributed by atoms with Gasteiger partial charge in [-0.25, -0.2) is 9.78 Å². The Kier molecular flexibility index (Phi) is 3.39. The van der Waals surface area contributed by atoms with Crippen LogP contribution in [-0.4, -0.2) is 47.0 Å². The van der Waals surface area contributed by atoms with E-state index in [1.165, 1.54) is 11.8 Å². The molecular weight excluding hydrogens is 294 g/mol. The number of aliphatic imine (C=N–C) groups is 1. The first-order chi connectivity index (χ1) is 9.54. The van der Waals surface area contributed by atoms with Gasteiger partial charge in [-0.05, 0) is 18.2 Å². The number of rotatable bonds is 3. The second-order valence-electron chi connectivity index (χ2n) is 4.66. The lowest BCUT2D eigenvalue weighted by atomic mass is 10.3. The van der Waals surface area contributed by atoms with Crippen molar-refractivity contribution in [3.63, 3.8) is 0 Å². The summed E-state index contributed by atoms with van der Waals surface area (Å²) in [5, 5.41) is 10.5. The van der Waals surface area contributed by atoms with E-state index in [-0.39, 0.29) is 0 Å². The zero-order valence-electron chi connectivity index (χ0n) is 11.0. The maximum absolute atomic E-state index is 10.9. The van der Waals surface area contributed by atoms with Gasteiger partial charge < -0.3 is 10.0 Å². The Hall–Kier alpha value is -1.60. The van der Waals surface area contributed by atoms with E-state index in [9.17, 15) is 4.79 Å². The molecule has 0 fully saturated rings. The number of thioether (sulfide) groups is 1. The molecule has 1 N–H and O–H groups in total. The van der Waals surface area contributed by atoms with Crippen LogP contribution in [0.5, 0.6) is 0 Å². The van der Waals surface area contributed by atoms with Crippen LogP contribution in [0.2, 0.25) is 0 Å². The third kappa shape index (κ3) is 2.38. The molecule has 0 saturated heterocycles. The molecule has 0 amide bonds. The highest BCUT2D eigenvalue weighted by molar-refractivity contribution is 8.15. The molecule has 1 aliphatic rings. The Morgan fingerprint density at radius 1 is 1.45 bits per heavy atom. The molecule has 1 atom stereocenters. The van der Waals surface area contributed by atoms with Gasteiger partial charge >= 0.3 is 5.97 Å². The minimum absolute atomic E-state index is 0.490. The Morgan fingerprint density at radius 3 is 2.90 bits per heavy atom. The molecular formula is C13H13N3O2S2. The molecule has 1 aromatic heterocycles. The van der Waals surface area contributed by atoms with Crippen LogP contribution in [0.25, 0.3) is 10.2 Å². The Bertz CT molecular complexity index is 709. The number of carboxylic acid groups (broad SMARTS) is 1. The zero-order valence-corrected chi connectivity index (χ0v) is 12.7. The number of carboxylic acids is 1. The highest BCUT2D eigenvalue weighted by Gasteiger charge is 2.26. The fraction of sp³-hybridized carbons (Fsp3) is 0.308. The first kappa shape index (κ1) is 13.4. The molecule has 104 valence electrons. The number of nitrogens with zero attached hydrogens (tertiary/aromatic N) is 3. The van der Waals surface area contributed by atoms with E-state index in [4.69, 9.17) is 5.11 Å². The van der Waals surface area contributed by atoms with E-state index >= 15 is 0 Å². The lowest BCUT2D eigenvalue weighted by Gasteiger charge is -2.11. The number of carbonyl (C=O) groups is 1. The third-order valence-corrected chi connectivity index (χ3v) is 5.22. The fourth-order valence-corrected chi connectivity index (χ4v) is 4.00. The number of hydrogen-bond acceptors (Lipinski definition) is 6. The molecule has 1 aromatic carbocycles. The van der Waals surface area contributed by atoms with Crippen LogP contribution in [0.4, 0.5) is 5.69 Å². The van der Waals surface area contributed by atoms with Crippen molar-refractivity contribution < 1.29 is 9.90 Å². The number of thiazole rings is 1. The molecule has 1 aliphatic heterocycles. The summed E-state index contributed by atoms with van der Waals surface area (Å²) in [4.78, 5) is 21.7. The van der Waals surface area contributed by atoms with Gasteiger partial charge in [0.1, 0.15) is 10.1 Å². The van der Waals surface area contributed by atoms with E-state index in [1.807, 2.05) is 31.1 Å². The second-order valence-corrected chi connectivity index (χ2v) is 6.70. The molecule has 0 spiro atoms. The van der Waals surface area contributed by atoms with Crippen LogP contribution >= 0.6 is 23.1 Å². The van der Waals surface area contributed by atoms with Crippen molar-refractivity contribution in [3.05, 3.63) is 23.2 Å². The lowest BCUT2D eigenvalue weighted by molar-refractivity contribution is -0.137. The van der Waals surface area contributed by atoms with Crippen molar-refractivity contribution in [2.24, 2.45) is 4.99 Å². The van der Waals surface area contributed by atoms with Gasteiger partial charge in [-0.1, -0.05) is 0 Å². The largest absolute Gasteiger partial charge is 0.480 e. The number of aliphatic carboxylic acids is 1. The first-order valence-corrected chi connectivity index (χ1v) is 7.86. The van der Waals surface area contributed by atoms with Crippen LogP contribution in [0.15, 0.2) is 23.2 Å². The molecule has 2 aromatic rings. The Balaban J connectivity index is 1.97. The summed E-state index contributed by atoms with van der Waals surface area (Å²) in [6.45, 7) is 0.